The largest absolute Gasteiger partial charge is 0.506 e. The Bertz CT molecular complexity index is 653. The van der Waals surface area contributed by atoms with Crippen LogP contribution >= 0.6 is 38.5 Å². The minimum absolute atomic E-state index is 0.263. The lowest BCUT2D eigenvalue weighted by Crippen LogP contribution is -1.89. The number of phenols is 1. The summed E-state index contributed by atoms with van der Waals surface area (Å²) in [5.41, 5.74) is 2.92. The van der Waals surface area contributed by atoms with Crippen LogP contribution in [0, 0.1) is 3.57 Å². The normalized spacial score (nSPS) is 12.8. The fraction of sp³-hybridized carbons (Fsp3) is 0.235. The Kier molecular flexibility index (Phi) is 5.81. The molecule has 2 rings (SSSR count). The summed E-state index contributed by atoms with van der Waals surface area (Å²) in [6, 6.07) is 12.0. The van der Waals surface area contributed by atoms with Crippen LogP contribution in [-0.2, 0) is 0 Å². The van der Waals surface area contributed by atoms with E-state index in [1.807, 2.05) is 24.3 Å². The molecule has 21 heavy (non-hydrogen) atoms. The maximum absolute atomic E-state index is 10.0. The summed E-state index contributed by atoms with van der Waals surface area (Å²) in [5, 5.41) is 10.0. The Morgan fingerprint density at radius 2 is 1.95 bits per heavy atom. The van der Waals surface area contributed by atoms with Crippen LogP contribution in [0.5, 0.6) is 5.75 Å². The quantitative estimate of drug-likeness (QED) is 0.441. The Morgan fingerprint density at radius 1 is 1.29 bits per heavy atom. The van der Waals surface area contributed by atoms with Gasteiger partial charge in [-0.25, -0.2) is 0 Å². The Hall–Kier alpha value is -0.880. The molecule has 0 saturated carbocycles. The van der Waals surface area contributed by atoms with Gasteiger partial charge in [-0.3, -0.25) is 4.99 Å². The van der Waals surface area contributed by atoms with E-state index in [9.17, 15) is 5.11 Å². The number of halogens is 2. The van der Waals surface area contributed by atoms with Gasteiger partial charge in [-0.15, -0.1) is 0 Å². The van der Waals surface area contributed by atoms with Crippen molar-refractivity contribution in [1.29, 1.82) is 0 Å². The number of aromatic hydroxyl groups is 1. The second-order valence-corrected chi connectivity index (χ2v) is 7.06. The van der Waals surface area contributed by atoms with E-state index >= 15 is 0 Å². The predicted octanol–water partition coefficient (Wildman–Crippen LogP) is 6.02. The van der Waals surface area contributed by atoms with Crippen molar-refractivity contribution in [2.24, 2.45) is 4.99 Å². The van der Waals surface area contributed by atoms with Gasteiger partial charge in [0.2, 0.25) is 0 Å². The molecule has 1 atom stereocenters. The summed E-state index contributed by atoms with van der Waals surface area (Å²) in [7, 11) is 0. The zero-order valence-electron chi connectivity index (χ0n) is 12.0. The molecular formula is C17H17BrINO. The molecule has 110 valence electrons. The standard InChI is InChI=1S/C17H17BrINO/c1-3-11(2)12-4-6-15(7-5-12)20-10-13-8-14(18)9-16(19)17(13)21/h4-11,21H,3H2,1-2H3/t11-/m0/s1. The van der Waals surface area contributed by atoms with Crippen LogP contribution in [0.3, 0.4) is 0 Å². The van der Waals surface area contributed by atoms with Crippen LogP contribution in [0.1, 0.15) is 37.3 Å². The molecule has 0 unspecified atom stereocenters. The van der Waals surface area contributed by atoms with Gasteiger partial charge in [-0.1, -0.05) is 41.9 Å². The van der Waals surface area contributed by atoms with Gasteiger partial charge < -0.3 is 5.11 Å². The van der Waals surface area contributed by atoms with E-state index in [1.165, 1.54) is 5.56 Å². The molecule has 1 N–H and O–H groups in total. The van der Waals surface area contributed by atoms with Gasteiger partial charge in [0.25, 0.3) is 0 Å². The van der Waals surface area contributed by atoms with E-state index in [0.717, 1.165) is 20.2 Å². The molecule has 0 aliphatic heterocycles. The molecule has 0 fully saturated rings. The summed E-state index contributed by atoms with van der Waals surface area (Å²) in [5.74, 6) is 0.831. The second kappa shape index (κ2) is 7.40. The lowest BCUT2D eigenvalue weighted by Gasteiger charge is -2.08. The molecule has 0 spiro atoms. The van der Waals surface area contributed by atoms with Crippen LogP contribution in [-0.4, -0.2) is 11.3 Å². The van der Waals surface area contributed by atoms with Crippen molar-refractivity contribution in [2.45, 2.75) is 26.2 Å². The molecule has 0 aromatic heterocycles. The number of nitrogens with zero attached hydrogens (tertiary/aromatic N) is 1. The third-order valence-electron chi connectivity index (χ3n) is 3.48. The van der Waals surface area contributed by atoms with Crippen LogP contribution in [0.4, 0.5) is 5.69 Å². The highest BCUT2D eigenvalue weighted by molar-refractivity contribution is 14.1. The first-order chi connectivity index (χ1) is 10.0. The van der Waals surface area contributed by atoms with Crippen LogP contribution in [0.15, 0.2) is 45.9 Å². The highest BCUT2D eigenvalue weighted by Crippen LogP contribution is 2.28. The monoisotopic (exact) mass is 457 g/mol. The number of hydrogen-bond acceptors (Lipinski definition) is 2. The van der Waals surface area contributed by atoms with Crippen molar-refractivity contribution >= 4 is 50.4 Å². The average molecular weight is 458 g/mol. The lowest BCUT2D eigenvalue weighted by atomic mass is 9.99. The number of aliphatic imine (C=N–C) groups is 1. The molecule has 0 bridgehead atoms. The third-order valence-corrected chi connectivity index (χ3v) is 4.77. The number of rotatable bonds is 4. The van der Waals surface area contributed by atoms with Crippen molar-refractivity contribution in [3.63, 3.8) is 0 Å². The summed E-state index contributed by atoms with van der Waals surface area (Å²) in [4.78, 5) is 4.44. The number of benzene rings is 2. The van der Waals surface area contributed by atoms with E-state index in [1.54, 1.807) is 6.21 Å². The van der Waals surface area contributed by atoms with Crippen molar-refractivity contribution in [3.05, 3.63) is 55.6 Å². The third kappa shape index (κ3) is 4.30. The maximum Gasteiger partial charge on any atom is 0.137 e. The maximum atomic E-state index is 10.0. The second-order valence-electron chi connectivity index (χ2n) is 4.98. The molecule has 2 aromatic rings. The zero-order valence-corrected chi connectivity index (χ0v) is 15.7. The van der Waals surface area contributed by atoms with E-state index in [2.05, 4.69) is 69.5 Å². The Balaban J connectivity index is 2.22. The van der Waals surface area contributed by atoms with Gasteiger partial charge in [-0.05, 0) is 64.8 Å². The Labute approximate surface area is 147 Å². The fourth-order valence-corrected chi connectivity index (χ4v) is 3.50. The van der Waals surface area contributed by atoms with Gasteiger partial charge in [0.1, 0.15) is 5.75 Å². The van der Waals surface area contributed by atoms with Crippen molar-refractivity contribution in [3.8, 4) is 5.75 Å². The smallest absolute Gasteiger partial charge is 0.137 e. The van der Waals surface area contributed by atoms with Crippen LogP contribution < -0.4 is 0 Å². The minimum Gasteiger partial charge on any atom is -0.506 e. The first-order valence-electron chi connectivity index (χ1n) is 6.83. The first-order valence-corrected chi connectivity index (χ1v) is 8.70. The molecule has 0 amide bonds. The van der Waals surface area contributed by atoms with Crippen molar-refractivity contribution in [1.82, 2.24) is 0 Å². The number of phenolic OH excluding ortho intramolecular Hbond substituents is 1. The first kappa shape index (κ1) is 16.5. The topological polar surface area (TPSA) is 32.6 Å². The number of hydrogen-bond donors (Lipinski definition) is 1. The molecular weight excluding hydrogens is 441 g/mol. The molecule has 0 aliphatic rings. The predicted molar refractivity (Wildman–Crippen MR) is 101 cm³/mol. The molecule has 4 heteroatoms. The summed E-state index contributed by atoms with van der Waals surface area (Å²) in [6.07, 6.45) is 2.83. The summed E-state index contributed by atoms with van der Waals surface area (Å²) < 4.78 is 1.73. The highest BCUT2D eigenvalue weighted by atomic mass is 127. The van der Waals surface area contributed by atoms with E-state index in [4.69, 9.17) is 0 Å². The average Bonchev–Trinajstić information content (AvgIpc) is 2.49. The molecule has 2 aromatic carbocycles. The molecule has 0 saturated heterocycles. The van der Waals surface area contributed by atoms with Crippen molar-refractivity contribution < 1.29 is 5.11 Å². The minimum atomic E-state index is 0.263. The Morgan fingerprint density at radius 3 is 2.57 bits per heavy atom. The summed E-state index contributed by atoms with van der Waals surface area (Å²) in [6.45, 7) is 4.41. The van der Waals surface area contributed by atoms with Gasteiger partial charge in [0.15, 0.2) is 0 Å². The van der Waals surface area contributed by atoms with E-state index < -0.39 is 0 Å². The van der Waals surface area contributed by atoms with Crippen LogP contribution in [0.25, 0.3) is 0 Å². The van der Waals surface area contributed by atoms with Crippen molar-refractivity contribution in [2.75, 3.05) is 0 Å². The molecule has 0 aliphatic carbocycles. The van der Waals surface area contributed by atoms with E-state index in [-0.39, 0.29) is 5.75 Å². The molecule has 0 heterocycles. The molecule has 0 radical (unpaired) electrons. The zero-order chi connectivity index (χ0) is 15.4. The lowest BCUT2D eigenvalue weighted by molar-refractivity contribution is 0.470. The SMILES string of the molecule is CC[C@H](C)c1ccc(N=Cc2cc(Br)cc(I)c2O)cc1. The van der Waals surface area contributed by atoms with Gasteiger partial charge in [-0.2, -0.15) is 0 Å². The van der Waals surface area contributed by atoms with Gasteiger partial charge in [0, 0.05) is 16.3 Å². The summed E-state index contributed by atoms with van der Waals surface area (Å²) >= 11 is 5.53. The highest BCUT2D eigenvalue weighted by Gasteiger charge is 2.05. The van der Waals surface area contributed by atoms with Gasteiger partial charge in [0.05, 0.1) is 9.26 Å². The fourth-order valence-electron chi connectivity index (χ4n) is 1.95. The van der Waals surface area contributed by atoms with Gasteiger partial charge >= 0.3 is 0 Å². The van der Waals surface area contributed by atoms with Crippen LogP contribution in [0.2, 0.25) is 0 Å². The molecule has 2 nitrogen and oxygen atoms in total. The van der Waals surface area contributed by atoms with E-state index in [0.29, 0.717) is 11.5 Å².